The molecule has 5 N–H and O–H groups in total. The lowest BCUT2D eigenvalue weighted by Gasteiger charge is -2.32. The number of hydrogen-bond acceptors (Lipinski definition) is 9. The molecule has 4 aromatic rings. The lowest BCUT2D eigenvalue weighted by molar-refractivity contribution is -0.00177. The second kappa shape index (κ2) is 12.5. The molecule has 5 heterocycles. The molecule has 44 heavy (non-hydrogen) atoms. The summed E-state index contributed by atoms with van der Waals surface area (Å²) in [5, 5.41) is 40.7. The fraction of sp³-hybridized carbons (Fsp3) is 0.333. The first-order chi connectivity index (χ1) is 21.0. The van der Waals surface area contributed by atoms with Crippen molar-refractivity contribution in [1.82, 2.24) is 30.2 Å². The van der Waals surface area contributed by atoms with E-state index in [9.17, 15) is 24.3 Å². The Morgan fingerprint density at radius 1 is 1.14 bits per heavy atom. The average molecular weight is 602 g/mol. The van der Waals surface area contributed by atoms with Gasteiger partial charge < -0.3 is 31.1 Å². The molecule has 0 bridgehead atoms. The molecule has 1 unspecified atom stereocenters. The number of anilines is 3. The molecule has 0 spiro atoms. The number of piperidine rings is 1. The van der Waals surface area contributed by atoms with Gasteiger partial charge in [-0.3, -0.25) is 9.78 Å². The lowest BCUT2D eigenvalue weighted by atomic mass is 10.0. The fourth-order valence-corrected chi connectivity index (χ4v) is 4.89. The largest absolute Gasteiger partial charge is 0.465 e. The number of hydrogen-bond donors (Lipinski definition) is 5. The van der Waals surface area contributed by atoms with Gasteiger partial charge in [0.1, 0.15) is 18.1 Å². The second-order valence-corrected chi connectivity index (χ2v) is 11.1. The maximum Gasteiger partial charge on any atom is 0.404 e. The van der Waals surface area contributed by atoms with Gasteiger partial charge in [-0.05, 0) is 63.1 Å². The van der Waals surface area contributed by atoms with Crippen molar-refractivity contribution < 1.29 is 24.2 Å². The molecular weight excluding hydrogens is 569 g/mol. The monoisotopic (exact) mass is 601 g/mol. The number of pyridine rings is 2. The molecule has 1 aliphatic heterocycles. The van der Waals surface area contributed by atoms with Crippen LogP contribution in [0.4, 0.5) is 26.4 Å². The Balaban J connectivity index is 1.40. The van der Waals surface area contributed by atoms with Gasteiger partial charge >= 0.3 is 6.09 Å². The summed E-state index contributed by atoms with van der Waals surface area (Å²) in [7, 11) is 0. The molecule has 1 atom stereocenters. The van der Waals surface area contributed by atoms with Gasteiger partial charge in [0.05, 0.1) is 63.9 Å². The van der Waals surface area contributed by atoms with Crippen LogP contribution in [-0.4, -0.2) is 79.2 Å². The highest BCUT2D eigenvalue weighted by Gasteiger charge is 2.27. The quantitative estimate of drug-likeness (QED) is 0.191. The van der Waals surface area contributed by atoms with E-state index in [1.807, 2.05) is 12.1 Å². The van der Waals surface area contributed by atoms with Gasteiger partial charge in [-0.15, -0.1) is 0 Å². The summed E-state index contributed by atoms with van der Waals surface area (Å²) < 4.78 is 16.0. The van der Waals surface area contributed by atoms with Crippen LogP contribution >= 0.6 is 0 Å². The number of halogens is 1. The van der Waals surface area contributed by atoms with Crippen molar-refractivity contribution in [2.75, 3.05) is 29.9 Å². The standard InChI is InChI=1S/C30H32FN9O4/c1-30(2,44)26(31)17-35-28(41)22-16-33-24(25-5-4-21-11-18(13-32)14-36-40(21)25)12-23(22)37-20-3-6-27(34-15-20)39-9-7-19(8-10-39)38-29(42)43/h3-6,11-12,14-16,19,26,38,44H,7-10,17H2,1-2H3,(H,33,37)(H,35,41)(H,42,43). The predicted octanol–water partition coefficient (Wildman–Crippen LogP) is 3.48. The highest BCUT2D eigenvalue weighted by molar-refractivity contribution is 6.00. The molecule has 2 amide bonds. The van der Waals surface area contributed by atoms with Gasteiger partial charge in [-0.25, -0.2) is 18.7 Å². The smallest absolute Gasteiger partial charge is 0.404 e. The van der Waals surface area contributed by atoms with Gasteiger partial charge in [-0.2, -0.15) is 10.4 Å². The minimum atomic E-state index is -1.69. The van der Waals surface area contributed by atoms with E-state index in [1.165, 1.54) is 26.2 Å². The molecule has 0 saturated carbocycles. The molecule has 0 aliphatic carbocycles. The molecule has 5 rings (SSSR count). The third-order valence-corrected chi connectivity index (χ3v) is 7.42. The zero-order valence-electron chi connectivity index (χ0n) is 24.2. The maximum absolute atomic E-state index is 14.4. The van der Waals surface area contributed by atoms with E-state index < -0.39 is 30.3 Å². The number of carbonyl (C=O) groups excluding carboxylic acids is 1. The number of fused-ring (bicyclic) bond motifs is 1. The van der Waals surface area contributed by atoms with E-state index in [4.69, 9.17) is 5.11 Å². The first-order valence-corrected chi connectivity index (χ1v) is 14.0. The Kier molecular flexibility index (Phi) is 8.59. The number of aliphatic hydroxyl groups is 1. The molecule has 0 aromatic carbocycles. The highest BCUT2D eigenvalue weighted by atomic mass is 19.1. The van der Waals surface area contributed by atoms with E-state index >= 15 is 0 Å². The summed E-state index contributed by atoms with van der Waals surface area (Å²) >= 11 is 0. The van der Waals surface area contributed by atoms with Gasteiger partial charge in [0.25, 0.3) is 5.91 Å². The minimum absolute atomic E-state index is 0.0902. The number of aromatic nitrogens is 4. The summed E-state index contributed by atoms with van der Waals surface area (Å²) in [5.41, 5.74) is 1.71. The topological polar surface area (TPSA) is 181 Å². The van der Waals surface area contributed by atoms with Crippen LogP contribution < -0.4 is 20.9 Å². The third-order valence-electron chi connectivity index (χ3n) is 7.42. The van der Waals surface area contributed by atoms with Crippen LogP contribution in [0, 0.1) is 11.3 Å². The van der Waals surface area contributed by atoms with Crippen molar-refractivity contribution in [3.63, 3.8) is 0 Å². The molecule has 1 saturated heterocycles. The van der Waals surface area contributed by atoms with E-state index in [2.05, 4.69) is 42.0 Å². The van der Waals surface area contributed by atoms with Crippen LogP contribution in [0.25, 0.3) is 16.9 Å². The number of nitriles is 1. The Labute approximate surface area is 252 Å². The number of amides is 2. The summed E-state index contributed by atoms with van der Waals surface area (Å²) in [6.45, 7) is 3.56. The summed E-state index contributed by atoms with van der Waals surface area (Å²) in [6.07, 6.45) is 3.08. The van der Waals surface area contributed by atoms with Crippen LogP contribution in [0.15, 0.2) is 55.0 Å². The Bertz CT molecular complexity index is 1700. The molecule has 1 fully saturated rings. The van der Waals surface area contributed by atoms with Crippen LogP contribution in [0.1, 0.15) is 42.6 Å². The highest BCUT2D eigenvalue weighted by Crippen LogP contribution is 2.28. The van der Waals surface area contributed by atoms with Crippen molar-refractivity contribution in [3.05, 3.63) is 66.1 Å². The van der Waals surface area contributed by atoms with Crippen molar-refractivity contribution >= 4 is 34.7 Å². The number of nitrogens with one attached hydrogen (secondary N) is 3. The van der Waals surface area contributed by atoms with Gasteiger partial charge in [0, 0.05) is 25.3 Å². The summed E-state index contributed by atoms with van der Waals surface area (Å²) in [5.74, 6) is 0.151. The van der Waals surface area contributed by atoms with Gasteiger partial charge in [0.15, 0.2) is 0 Å². The summed E-state index contributed by atoms with van der Waals surface area (Å²) in [6, 6.07) is 12.6. The molecule has 1 aliphatic rings. The minimum Gasteiger partial charge on any atom is -0.465 e. The SMILES string of the molecule is CC(C)(O)C(F)CNC(=O)c1cnc(-c2ccc3cc(C#N)cnn23)cc1Nc1ccc(N2CCC(NC(=O)O)CC2)nc1. The van der Waals surface area contributed by atoms with Gasteiger partial charge in [-0.1, -0.05) is 0 Å². The van der Waals surface area contributed by atoms with E-state index in [-0.39, 0.29) is 11.6 Å². The summed E-state index contributed by atoms with van der Waals surface area (Å²) in [4.78, 5) is 35.2. The molecule has 228 valence electrons. The third kappa shape index (κ3) is 6.84. The normalized spacial score (nSPS) is 14.6. The molecular formula is C30H32FN9O4. The van der Waals surface area contributed by atoms with Crippen molar-refractivity contribution in [1.29, 1.82) is 5.26 Å². The molecule has 14 heteroatoms. The molecule has 0 radical (unpaired) electrons. The van der Waals surface area contributed by atoms with E-state index in [1.54, 1.807) is 35.0 Å². The second-order valence-electron chi connectivity index (χ2n) is 11.1. The number of carboxylic acid groups (broad SMARTS) is 1. The van der Waals surface area contributed by atoms with E-state index in [0.717, 1.165) is 5.82 Å². The van der Waals surface area contributed by atoms with Crippen LogP contribution in [0.3, 0.4) is 0 Å². The molecule has 4 aromatic heterocycles. The first-order valence-electron chi connectivity index (χ1n) is 14.0. The number of carbonyl (C=O) groups is 2. The average Bonchev–Trinajstić information content (AvgIpc) is 3.43. The number of alkyl halides is 1. The Morgan fingerprint density at radius 3 is 2.57 bits per heavy atom. The van der Waals surface area contributed by atoms with Crippen LogP contribution in [0.2, 0.25) is 0 Å². The van der Waals surface area contributed by atoms with Gasteiger partial charge in [0.2, 0.25) is 0 Å². The van der Waals surface area contributed by atoms with E-state index in [0.29, 0.717) is 59.8 Å². The fourth-order valence-electron chi connectivity index (χ4n) is 4.89. The van der Waals surface area contributed by atoms with Crippen LogP contribution in [-0.2, 0) is 0 Å². The zero-order valence-corrected chi connectivity index (χ0v) is 24.2. The number of rotatable bonds is 9. The first kappa shape index (κ1) is 30.2. The van der Waals surface area contributed by atoms with Crippen molar-refractivity contribution in [2.24, 2.45) is 0 Å². The predicted molar refractivity (Wildman–Crippen MR) is 161 cm³/mol. The van der Waals surface area contributed by atoms with Crippen LogP contribution in [0.5, 0.6) is 0 Å². The van der Waals surface area contributed by atoms with Crippen molar-refractivity contribution in [2.45, 2.75) is 44.5 Å². The lowest BCUT2D eigenvalue weighted by Crippen LogP contribution is -2.44. The Morgan fingerprint density at radius 2 is 1.91 bits per heavy atom. The number of nitrogens with zero attached hydrogens (tertiary/aromatic N) is 6. The van der Waals surface area contributed by atoms with Crippen molar-refractivity contribution in [3.8, 4) is 17.5 Å². The Hall–Kier alpha value is -5.29. The maximum atomic E-state index is 14.4. The zero-order chi connectivity index (χ0) is 31.4. The molecule has 13 nitrogen and oxygen atoms in total.